The van der Waals surface area contributed by atoms with Crippen molar-refractivity contribution >= 4 is 0 Å². The van der Waals surface area contributed by atoms with Crippen LogP contribution in [0.2, 0.25) is 0 Å². The van der Waals surface area contributed by atoms with Gasteiger partial charge in [-0.25, -0.2) is 0 Å². The average Bonchev–Trinajstić information content (AvgIpc) is 2.25. The first kappa shape index (κ1) is 13.4. The number of rotatable bonds is 2. The molecule has 0 aliphatic heterocycles. The van der Waals surface area contributed by atoms with Crippen LogP contribution in [0.5, 0.6) is 0 Å². The van der Waals surface area contributed by atoms with E-state index in [2.05, 4.69) is 13.8 Å². The van der Waals surface area contributed by atoms with Gasteiger partial charge in [0.15, 0.2) is 0 Å². The molecule has 0 aromatic rings. The molecule has 2 heteroatoms. The van der Waals surface area contributed by atoms with Gasteiger partial charge >= 0.3 is 0 Å². The molecule has 17 heavy (non-hydrogen) atoms. The molecule has 0 amide bonds. The van der Waals surface area contributed by atoms with E-state index >= 15 is 0 Å². The zero-order valence-electron chi connectivity index (χ0n) is 11.6. The second-order valence-corrected chi connectivity index (χ2v) is 6.86. The summed E-state index contributed by atoms with van der Waals surface area (Å²) in [5.41, 5.74) is 12.1. The SMILES string of the molecule is C[C@@H]1C[C@H](N)CC[C@@H]1C[C@@H]1CC[C@H](N)C[C@@H]1C. The molecule has 0 unspecified atom stereocenters. The minimum absolute atomic E-state index is 0.471. The predicted octanol–water partition coefficient (Wildman–Crippen LogP) is 2.90. The van der Waals surface area contributed by atoms with Gasteiger partial charge in [0.1, 0.15) is 0 Å². The summed E-state index contributed by atoms with van der Waals surface area (Å²) < 4.78 is 0. The number of hydrogen-bond acceptors (Lipinski definition) is 2. The van der Waals surface area contributed by atoms with Crippen molar-refractivity contribution in [1.29, 1.82) is 0 Å². The summed E-state index contributed by atoms with van der Waals surface area (Å²) in [6.45, 7) is 4.81. The van der Waals surface area contributed by atoms with Crippen LogP contribution in [-0.4, -0.2) is 12.1 Å². The molecule has 100 valence electrons. The summed E-state index contributed by atoms with van der Waals surface area (Å²) in [7, 11) is 0. The van der Waals surface area contributed by atoms with Crippen molar-refractivity contribution in [3.8, 4) is 0 Å². The Morgan fingerprint density at radius 3 is 1.53 bits per heavy atom. The van der Waals surface area contributed by atoms with Gasteiger partial charge in [0.25, 0.3) is 0 Å². The van der Waals surface area contributed by atoms with Gasteiger partial charge in [-0.1, -0.05) is 13.8 Å². The van der Waals surface area contributed by atoms with Crippen molar-refractivity contribution in [3.05, 3.63) is 0 Å². The first-order valence-electron chi connectivity index (χ1n) is 7.57. The molecule has 2 fully saturated rings. The highest BCUT2D eigenvalue weighted by molar-refractivity contribution is 4.85. The zero-order chi connectivity index (χ0) is 12.4. The average molecular weight is 238 g/mol. The van der Waals surface area contributed by atoms with Crippen LogP contribution in [0.15, 0.2) is 0 Å². The molecular weight excluding hydrogens is 208 g/mol. The molecule has 2 saturated carbocycles. The van der Waals surface area contributed by atoms with Gasteiger partial charge in [-0.3, -0.25) is 0 Å². The Labute approximate surface area is 107 Å². The van der Waals surface area contributed by atoms with Crippen LogP contribution < -0.4 is 11.5 Å². The lowest BCUT2D eigenvalue weighted by atomic mass is 9.68. The van der Waals surface area contributed by atoms with Gasteiger partial charge in [-0.05, 0) is 68.6 Å². The van der Waals surface area contributed by atoms with Crippen LogP contribution >= 0.6 is 0 Å². The van der Waals surface area contributed by atoms with Crippen molar-refractivity contribution in [2.45, 2.75) is 70.9 Å². The first-order valence-corrected chi connectivity index (χ1v) is 7.57. The van der Waals surface area contributed by atoms with E-state index in [9.17, 15) is 0 Å². The molecule has 0 heterocycles. The van der Waals surface area contributed by atoms with Gasteiger partial charge in [-0.2, -0.15) is 0 Å². The maximum atomic E-state index is 6.05. The van der Waals surface area contributed by atoms with Crippen LogP contribution in [-0.2, 0) is 0 Å². The van der Waals surface area contributed by atoms with Gasteiger partial charge in [0, 0.05) is 12.1 Å². The summed E-state index contributed by atoms with van der Waals surface area (Å²) in [6.07, 6.45) is 9.12. The lowest BCUT2D eigenvalue weighted by molar-refractivity contribution is 0.139. The second-order valence-electron chi connectivity index (χ2n) is 6.86. The highest BCUT2D eigenvalue weighted by atomic mass is 14.7. The van der Waals surface area contributed by atoms with Gasteiger partial charge in [-0.15, -0.1) is 0 Å². The Morgan fingerprint density at radius 1 is 0.765 bits per heavy atom. The predicted molar refractivity (Wildman–Crippen MR) is 73.6 cm³/mol. The van der Waals surface area contributed by atoms with Gasteiger partial charge < -0.3 is 11.5 Å². The molecule has 2 aliphatic rings. The molecule has 4 N–H and O–H groups in total. The normalized spacial score (nSPS) is 48.0. The summed E-state index contributed by atoms with van der Waals surface area (Å²) >= 11 is 0. The maximum absolute atomic E-state index is 6.05. The molecule has 0 radical (unpaired) electrons. The highest BCUT2D eigenvalue weighted by Crippen LogP contribution is 2.39. The van der Waals surface area contributed by atoms with E-state index in [0.717, 1.165) is 23.7 Å². The van der Waals surface area contributed by atoms with Crippen molar-refractivity contribution in [3.63, 3.8) is 0 Å². The topological polar surface area (TPSA) is 52.0 Å². The van der Waals surface area contributed by atoms with Crippen LogP contribution in [0.3, 0.4) is 0 Å². The summed E-state index contributed by atoms with van der Waals surface area (Å²) in [6, 6.07) is 0.942. The third kappa shape index (κ3) is 3.45. The second kappa shape index (κ2) is 5.71. The molecule has 2 rings (SSSR count). The van der Waals surface area contributed by atoms with E-state index in [1.165, 1.54) is 44.9 Å². The molecule has 0 aromatic heterocycles. The fourth-order valence-electron chi connectivity index (χ4n) is 4.09. The fraction of sp³-hybridized carbons (Fsp3) is 1.00. The molecular formula is C15H30N2. The third-order valence-electron chi connectivity index (χ3n) is 5.38. The van der Waals surface area contributed by atoms with Gasteiger partial charge in [0.05, 0.1) is 0 Å². The zero-order valence-corrected chi connectivity index (χ0v) is 11.6. The molecule has 2 nitrogen and oxygen atoms in total. The summed E-state index contributed by atoms with van der Waals surface area (Å²) in [4.78, 5) is 0. The van der Waals surface area contributed by atoms with Crippen molar-refractivity contribution in [2.75, 3.05) is 0 Å². The Balaban J connectivity index is 1.84. The minimum Gasteiger partial charge on any atom is -0.328 e. The summed E-state index contributed by atoms with van der Waals surface area (Å²) in [5.74, 6) is 3.52. The first-order chi connectivity index (χ1) is 8.06. The molecule has 6 atom stereocenters. The quantitative estimate of drug-likeness (QED) is 0.777. The van der Waals surface area contributed by atoms with E-state index in [4.69, 9.17) is 11.5 Å². The fourth-order valence-corrected chi connectivity index (χ4v) is 4.09. The smallest absolute Gasteiger partial charge is 0.00415 e. The molecule has 0 spiro atoms. The molecule has 2 aliphatic carbocycles. The Bertz CT molecular complexity index is 217. The van der Waals surface area contributed by atoms with Crippen molar-refractivity contribution in [1.82, 2.24) is 0 Å². The van der Waals surface area contributed by atoms with E-state index in [1.807, 2.05) is 0 Å². The van der Waals surface area contributed by atoms with Gasteiger partial charge in [0.2, 0.25) is 0 Å². The third-order valence-corrected chi connectivity index (χ3v) is 5.38. The maximum Gasteiger partial charge on any atom is 0.00415 e. The number of hydrogen-bond donors (Lipinski definition) is 2. The number of nitrogens with two attached hydrogens (primary N) is 2. The standard InChI is InChI=1S/C15H30N2/c1-10-7-14(16)5-3-12(10)9-13-4-6-15(17)8-11(13)2/h10-15H,3-9,16-17H2,1-2H3/t10-,11+,12-,13+,14-,15+. The lowest BCUT2D eigenvalue weighted by Gasteiger charge is -2.39. The van der Waals surface area contributed by atoms with Crippen molar-refractivity contribution in [2.24, 2.45) is 35.1 Å². The summed E-state index contributed by atoms with van der Waals surface area (Å²) in [5, 5.41) is 0. The van der Waals surface area contributed by atoms with Crippen LogP contribution in [0.25, 0.3) is 0 Å². The van der Waals surface area contributed by atoms with E-state index < -0.39 is 0 Å². The minimum atomic E-state index is 0.471. The highest BCUT2D eigenvalue weighted by Gasteiger charge is 2.32. The van der Waals surface area contributed by atoms with E-state index in [1.54, 1.807) is 0 Å². The van der Waals surface area contributed by atoms with E-state index in [-0.39, 0.29) is 0 Å². The molecule has 0 saturated heterocycles. The molecule has 0 aromatic carbocycles. The van der Waals surface area contributed by atoms with Crippen LogP contribution in [0.4, 0.5) is 0 Å². The van der Waals surface area contributed by atoms with Crippen molar-refractivity contribution < 1.29 is 0 Å². The monoisotopic (exact) mass is 238 g/mol. The largest absolute Gasteiger partial charge is 0.328 e. The molecule has 0 bridgehead atoms. The Kier molecular flexibility index (Phi) is 4.48. The Morgan fingerprint density at radius 2 is 1.18 bits per heavy atom. The van der Waals surface area contributed by atoms with Crippen LogP contribution in [0, 0.1) is 23.7 Å². The lowest BCUT2D eigenvalue weighted by Crippen LogP contribution is -2.36. The van der Waals surface area contributed by atoms with Crippen LogP contribution in [0.1, 0.15) is 58.8 Å². The Hall–Kier alpha value is -0.0800. The van der Waals surface area contributed by atoms with E-state index in [0.29, 0.717) is 12.1 Å².